The minimum absolute atomic E-state index is 0. The molecule has 0 radical (unpaired) electrons. The maximum Gasteiger partial charge on any atom is 0.135 e. The monoisotopic (exact) mass is 1080 g/mol. The molecule has 1 aliphatic heterocycles. The van der Waals surface area contributed by atoms with Gasteiger partial charge in [-0.15, -0.1) is 53.6 Å². The van der Waals surface area contributed by atoms with Crippen molar-refractivity contribution in [2.24, 2.45) is 0 Å². The molecule has 0 saturated carbocycles. The Balaban J connectivity index is 0.00000625. The first-order valence-corrected chi connectivity index (χ1v) is 23.7. The van der Waals surface area contributed by atoms with E-state index in [4.69, 9.17) is 9.72 Å². The van der Waals surface area contributed by atoms with Crippen molar-refractivity contribution >= 4 is 33.2 Å². The molecule has 0 aliphatic carbocycles. The zero-order chi connectivity index (χ0) is 47.7. The van der Waals surface area contributed by atoms with Crippen LogP contribution in [0, 0.1) is 18.8 Å². The summed E-state index contributed by atoms with van der Waals surface area (Å²) >= 11 is 0. The third-order valence-electron chi connectivity index (χ3n) is 13.8. The number of ether oxygens (including phenoxy) is 1. The quantitative estimate of drug-likeness (QED) is 0.135. The number of hydrogen-bond acceptors (Lipinski definition) is 4. The second-order valence-corrected chi connectivity index (χ2v) is 22.5. The molecule has 0 unspecified atom stereocenters. The van der Waals surface area contributed by atoms with Crippen molar-refractivity contribution in [2.45, 2.75) is 117 Å². The molecule has 0 saturated heterocycles. The fourth-order valence-corrected chi connectivity index (χ4v) is 9.25. The number of nitrogens with zero attached hydrogens (tertiary/aromatic N) is 4. The summed E-state index contributed by atoms with van der Waals surface area (Å²) in [6, 6.07) is 57.7. The second-order valence-electron chi connectivity index (χ2n) is 22.5. The van der Waals surface area contributed by atoms with E-state index in [1.54, 1.807) is 0 Å². The Bertz CT molecular complexity index is 3140. The Kier molecular flexibility index (Phi) is 12.8. The van der Waals surface area contributed by atoms with E-state index in [9.17, 15) is 0 Å². The van der Waals surface area contributed by atoms with Gasteiger partial charge in [0.25, 0.3) is 0 Å². The summed E-state index contributed by atoms with van der Waals surface area (Å²) in [6.07, 6.45) is 4.22. The van der Waals surface area contributed by atoms with Gasteiger partial charge in [0.15, 0.2) is 0 Å². The summed E-state index contributed by atoms with van der Waals surface area (Å²) in [6.45, 7) is 31.7. The summed E-state index contributed by atoms with van der Waals surface area (Å²) in [5, 5.41) is 2.25. The van der Waals surface area contributed by atoms with Gasteiger partial charge in [-0.1, -0.05) is 180 Å². The van der Waals surface area contributed by atoms with Gasteiger partial charge in [-0.3, -0.25) is 0 Å². The SMILES string of the molecule is CC(C)(C)c1cc(Oc2[c-]c3c(cc2)c2cc(C(C)(C)C)ccc2n3-c2cc(C(C)(C)c3ccccc3)ccn2)[c-]c(N2[CH-]N(c3cccc(C(C)(C)C)c3)C=C2C(C)(C)c2ccccc2)c1.[Pt]. The van der Waals surface area contributed by atoms with Crippen LogP contribution < -0.4 is 14.5 Å². The van der Waals surface area contributed by atoms with E-state index in [1.165, 1.54) is 27.8 Å². The molecule has 9 rings (SSSR count). The molecule has 0 amide bonds. The zero-order valence-electron chi connectivity index (χ0n) is 42.0. The van der Waals surface area contributed by atoms with Gasteiger partial charge in [0, 0.05) is 66.5 Å². The van der Waals surface area contributed by atoms with Crippen LogP contribution in [0.25, 0.3) is 27.6 Å². The topological polar surface area (TPSA) is 33.5 Å². The third kappa shape index (κ3) is 9.32. The molecule has 68 heavy (non-hydrogen) atoms. The number of allylic oxidation sites excluding steroid dienone is 1. The minimum Gasteiger partial charge on any atom is -0.509 e. The first-order valence-electron chi connectivity index (χ1n) is 23.7. The number of pyridine rings is 1. The Morgan fingerprint density at radius 2 is 1.12 bits per heavy atom. The van der Waals surface area contributed by atoms with E-state index in [-0.39, 0.29) is 48.1 Å². The Labute approximate surface area is 420 Å². The predicted molar refractivity (Wildman–Crippen MR) is 281 cm³/mol. The molecule has 0 bridgehead atoms. The van der Waals surface area contributed by atoms with Crippen molar-refractivity contribution < 1.29 is 25.8 Å². The van der Waals surface area contributed by atoms with Crippen molar-refractivity contribution in [1.82, 2.24) is 9.55 Å². The average Bonchev–Trinajstić information content (AvgIpc) is 3.89. The molecule has 352 valence electrons. The molecule has 0 atom stereocenters. The van der Waals surface area contributed by atoms with Crippen LogP contribution >= 0.6 is 0 Å². The first-order chi connectivity index (χ1) is 31.6. The van der Waals surface area contributed by atoms with Gasteiger partial charge < -0.3 is 19.1 Å². The van der Waals surface area contributed by atoms with Crippen molar-refractivity contribution in [3.8, 4) is 17.3 Å². The number of hydrogen-bond donors (Lipinski definition) is 0. The van der Waals surface area contributed by atoms with E-state index < -0.39 is 0 Å². The molecule has 0 spiro atoms. The Morgan fingerprint density at radius 1 is 0.500 bits per heavy atom. The molecule has 5 nitrogen and oxygen atoms in total. The van der Waals surface area contributed by atoms with E-state index in [0.717, 1.165) is 50.3 Å². The van der Waals surface area contributed by atoms with Gasteiger partial charge in [-0.25, -0.2) is 4.98 Å². The van der Waals surface area contributed by atoms with Crippen LogP contribution in [0.4, 0.5) is 11.4 Å². The largest absolute Gasteiger partial charge is 0.509 e. The van der Waals surface area contributed by atoms with Crippen LogP contribution in [0.2, 0.25) is 0 Å². The fraction of sp³-hybridized carbons (Fsp3) is 0.290. The van der Waals surface area contributed by atoms with Crippen molar-refractivity contribution in [3.05, 3.63) is 210 Å². The van der Waals surface area contributed by atoms with Gasteiger partial charge >= 0.3 is 0 Å². The first kappa shape index (κ1) is 48.6. The van der Waals surface area contributed by atoms with Crippen LogP contribution in [0.1, 0.15) is 123 Å². The second kappa shape index (κ2) is 17.9. The van der Waals surface area contributed by atoms with E-state index in [2.05, 4.69) is 263 Å². The van der Waals surface area contributed by atoms with Crippen LogP contribution in [0.15, 0.2) is 158 Å². The molecule has 6 aromatic carbocycles. The average molecular weight is 1080 g/mol. The van der Waals surface area contributed by atoms with E-state index in [1.807, 2.05) is 12.3 Å². The van der Waals surface area contributed by atoms with Crippen LogP contribution in [0.3, 0.4) is 0 Å². The van der Waals surface area contributed by atoms with Gasteiger partial charge in [-0.2, -0.15) is 6.07 Å². The number of fused-ring (bicyclic) bond motifs is 3. The molecule has 1 aliphatic rings. The normalized spacial score (nSPS) is 13.8. The third-order valence-corrected chi connectivity index (χ3v) is 13.8. The summed E-state index contributed by atoms with van der Waals surface area (Å²) in [7, 11) is 0. The minimum atomic E-state index is -0.360. The van der Waals surface area contributed by atoms with Crippen molar-refractivity contribution in [2.75, 3.05) is 9.80 Å². The maximum absolute atomic E-state index is 6.97. The zero-order valence-corrected chi connectivity index (χ0v) is 44.3. The van der Waals surface area contributed by atoms with Crippen LogP contribution in [-0.4, -0.2) is 9.55 Å². The van der Waals surface area contributed by atoms with Gasteiger partial charge in [0.05, 0.1) is 0 Å². The smallest absolute Gasteiger partial charge is 0.135 e. The molecule has 0 fully saturated rings. The number of anilines is 2. The fourth-order valence-electron chi connectivity index (χ4n) is 9.25. The number of rotatable bonds is 9. The Hall–Kier alpha value is -5.90. The number of benzene rings is 6. The summed E-state index contributed by atoms with van der Waals surface area (Å²) in [4.78, 5) is 9.59. The molecular weight excluding hydrogens is 1010 g/mol. The number of aromatic nitrogens is 2. The van der Waals surface area contributed by atoms with Crippen LogP contribution in [-0.2, 0) is 48.1 Å². The van der Waals surface area contributed by atoms with Crippen molar-refractivity contribution in [1.29, 1.82) is 0 Å². The van der Waals surface area contributed by atoms with E-state index >= 15 is 0 Å². The van der Waals surface area contributed by atoms with E-state index in [0.29, 0.717) is 11.5 Å². The molecule has 0 N–H and O–H groups in total. The molecule has 8 aromatic rings. The maximum atomic E-state index is 6.97. The van der Waals surface area contributed by atoms with Gasteiger partial charge in [0.1, 0.15) is 5.82 Å². The van der Waals surface area contributed by atoms with Crippen molar-refractivity contribution in [3.63, 3.8) is 0 Å². The van der Waals surface area contributed by atoms with Crippen LogP contribution in [0.5, 0.6) is 11.5 Å². The van der Waals surface area contributed by atoms with Gasteiger partial charge in [-0.05, 0) is 86.0 Å². The van der Waals surface area contributed by atoms with Gasteiger partial charge in [0.2, 0.25) is 0 Å². The molecule has 6 heteroatoms. The summed E-state index contributed by atoms with van der Waals surface area (Å²) < 4.78 is 9.23. The summed E-state index contributed by atoms with van der Waals surface area (Å²) in [5.41, 5.74) is 11.7. The predicted octanol–water partition coefficient (Wildman–Crippen LogP) is 16.1. The molecular formula is C62H65N4OPt-3. The Morgan fingerprint density at radius 3 is 1.76 bits per heavy atom. The standard InChI is InChI=1S/C62H65N4O.Pt/c1-58(2,3)44-25-20-26-48(33-44)64-40-56(62(12,13)43-23-18-15-19-24-43)65(41-64)49-34-47(60(7,8)9)35-51(38-49)67-50-28-29-52-53-36-45(59(4,5)6)27-30-54(53)66(55(52)39-50)57-37-46(31-32-63-57)61(10,11)42-21-16-14-17-22-42;/h14-37,40-41H,1-13H3;/q-3;. The molecule has 3 heterocycles. The molecule has 2 aromatic heterocycles. The summed E-state index contributed by atoms with van der Waals surface area (Å²) in [5.74, 6) is 2.07.